The molecule has 2 rings (SSSR count). The molecule has 1 aliphatic rings. The third-order valence-corrected chi connectivity index (χ3v) is 3.27. The highest BCUT2D eigenvalue weighted by molar-refractivity contribution is 5.06. The fourth-order valence-electron chi connectivity index (χ4n) is 2.37. The molecule has 0 radical (unpaired) electrons. The molecule has 90 valence electrons. The maximum absolute atomic E-state index is 9.10. The fraction of sp³-hybridized carbons (Fsp3) is 0.727. The Balaban J connectivity index is 2.16. The second kappa shape index (κ2) is 4.95. The Labute approximate surface area is 95.9 Å². The van der Waals surface area contributed by atoms with Crippen molar-refractivity contribution >= 4 is 0 Å². The van der Waals surface area contributed by atoms with Crippen LogP contribution in [0.25, 0.3) is 0 Å². The number of piperidine rings is 1. The Morgan fingerprint density at radius 2 is 2.50 bits per heavy atom. The van der Waals surface area contributed by atoms with Crippen LogP contribution in [0.4, 0.5) is 0 Å². The molecule has 0 amide bonds. The number of hydrogen-bond donors (Lipinski definition) is 2. The minimum Gasteiger partial charge on any atom is -0.394 e. The minimum atomic E-state index is -0.324. The van der Waals surface area contributed by atoms with Gasteiger partial charge in [-0.15, -0.1) is 0 Å². The third kappa shape index (κ3) is 2.26. The van der Waals surface area contributed by atoms with Crippen LogP contribution in [0.5, 0.6) is 0 Å². The van der Waals surface area contributed by atoms with Crippen molar-refractivity contribution in [2.24, 2.45) is 5.73 Å². The molecule has 5 heteroatoms. The average Bonchev–Trinajstić information content (AvgIpc) is 2.77. The lowest BCUT2D eigenvalue weighted by molar-refractivity contribution is 0.204. The summed E-state index contributed by atoms with van der Waals surface area (Å²) in [6.07, 6.45) is 5.95. The van der Waals surface area contributed by atoms with Crippen LogP contribution < -0.4 is 5.73 Å². The van der Waals surface area contributed by atoms with E-state index in [2.05, 4.69) is 21.5 Å². The molecule has 2 unspecified atom stereocenters. The van der Waals surface area contributed by atoms with Gasteiger partial charge in [0, 0.05) is 18.8 Å². The molecule has 0 spiro atoms. The molecule has 3 N–H and O–H groups in total. The van der Waals surface area contributed by atoms with E-state index >= 15 is 0 Å². The summed E-state index contributed by atoms with van der Waals surface area (Å²) in [5.74, 6) is 0. The van der Waals surface area contributed by atoms with Gasteiger partial charge < -0.3 is 20.3 Å². The Morgan fingerprint density at radius 1 is 1.69 bits per heavy atom. The molecule has 2 heterocycles. The molecule has 1 saturated heterocycles. The molecule has 0 saturated carbocycles. The summed E-state index contributed by atoms with van der Waals surface area (Å²) in [5, 5.41) is 9.10. The first-order valence-corrected chi connectivity index (χ1v) is 5.79. The van der Waals surface area contributed by atoms with Crippen LogP contribution in [0.2, 0.25) is 0 Å². The van der Waals surface area contributed by atoms with Crippen molar-refractivity contribution in [2.75, 3.05) is 26.7 Å². The van der Waals surface area contributed by atoms with E-state index in [0.717, 1.165) is 25.2 Å². The number of hydrogen-bond acceptors (Lipinski definition) is 4. The van der Waals surface area contributed by atoms with Crippen molar-refractivity contribution in [2.45, 2.75) is 24.9 Å². The smallest absolute Gasteiger partial charge is 0.0951 e. The molecule has 16 heavy (non-hydrogen) atoms. The third-order valence-electron chi connectivity index (χ3n) is 3.27. The number of rotatable bonds is 3. The van der Waals surface area contributed by atoms with Gasteiger partial charge in [-0.05, 0) is 26.4 Å². The van der Waals surface area contributed by atoms with Crippen molar-refractivity contribution in [3.8, 4) is 0 Å². The number of aliphatic hydroxyl groups excluding tert-OH is 1. The summed E-state index contributed by atoms with van der Waals surface area (Å²) >= 11 is 0. The van der Waals surface area contributed by atoms with Crippen LogP contribution >= 0.6 is 0 Å². The number of likely N-dealkylation sites (tertiary alicyclic amines) is 1. The highest BCUT2D eigenvalue weighted by Gasteiger charge is 2.22. The van der Waals surface area contributed by atoms with Gasteiger partial charge in [-0.2, -0.15) is 0 Å². The number of aromatic nitrogens is 2. The number of nitrogens with zero attached hydrogens (tertiary/aromatic N) is 3. The van der Waals surface area contributed by atoms with Crippen molar-refractivity contribution in [3.63, 3.8) is 0 Å². The summed E-state index contributed by atoms with van der Waals surface area (Å²) in [5.41, 5.74) is 6.79. The maximum Gasteiger partial charge on any atom is 0.0951 e. The average molecular weight is 224 g/mol. The summed E-state index contributed by atoms with van der Waals surface area (Å²) in [6.45, 7) is 2.16. The quantitative estimate of drug-likeness (QED) is 0.766. The SMILES string of the molecule is CN1CCCC(n2cncc2C(N)CO)C1. The predicted molar refractivity (Wildman–Crippen MR) is 62.0 cm³/mol. The van der Waals surface area contributed by atoms with Gasteiger partial charge in [-0.1, -0.05) is 0 Å². The maximum atomic E-state index is 9.10. The van der Waals surface area contributed by atoms with Crippen LogP contribution in [0.15, 0.2) is 12.5 Å². The second-order valence-corrected chi connectivity index (χ2v) is 4.57. The van der Waals surface area contributed by atoms with Crippen LogP contribution in [0.1, 0.15) is 30.6 Å². The van der Waals surface area contributed by atoms with Crippen molar-refractivity contribution in [3.05, 3.63) is 18.2 Å². The number of imidazole rings is 1. The highest BCUT2D eigenvalue weighted by atomic mass is 16.3. The first-order valence-electron chi connectivity index (χ1n) is 5.79. The Morgan fingerprint density at radius 3 is 3.19 bits per heavy atom. The number of nitrogens with two attached hydrogens (primary N) is 1. The van der Waals surface area contributed by atoms with Gasteiger partial charge in [0.15, 0.2) is 0 Å². The van der Waals surface area contributed by atoms with Crippen molar-refractivity contribution in [1.82, 2.24) is 14.5 Å². The van der Waals surface area contributed by atoms with E-state index in [0.29, 0.717) is 6.04 Å². The first kappa shape index (κ1) is 11.6. The highest BCUT2D eigenvalue weighted by Crippen LogP contribution is 2.23. The molecule has 1 fully saturated rings. The van der Waals surface area contributed by atoms with E-state index in [1.807, 2.05) is 6.33 Å². The molecule has 1 aromatic heterocycles. The summed E-state index contributed by atoms with van der Waals surface area (Å²) in [6, 6.07) is 0.114. The van der Waals surface area contributed by atoms with Crippen molar-refractivity contribution < 1.29 is 5.11 Å². The van der Waals surface area contributed by atoms with E-state index in [4.69, 9.17) is 10.8 Å². The van der Waals surface area contributed by atoms with Gasteiger partial charge in [-0.3, -0.25) is 0 Å². The zero-order valence-electron chi connectivity index (χ0n) is 9.71. The Hall–Kier alpha value is -0.910. The zero-order valence-corrected chi connectivity index (χ0v) is 9.71. The summed E-state index contributed by atoms with van der Waals surface area (Å²) in [7, 11) is 2.13. The summed E-state index contributed by atoms with van der Waals surface area (Å²) in [4.78, 5) is 6.47. The van der Waals surface area contributed by atoms with Gasteiger partial charge in [-0.25, -0.2) is 4.98 Å². The molecule has 2 atom stereocenters. The Kier molecular flexibility index (Phi) is 3.58. The topological polar surface area (TPSA) is 67.3 Å². The van der Waals surface area contributed by atoms with Gasteiger partial charge in [0.25, 0.3) is 0 Å². The Bertz CT molecular complexity index is 338. The van der Waals surface area contributed by atoms with Gasteiger partial charge in [0.2, 0.25) is 0 Å². The predicted octanol–water partition coefficient (Wildman–Crippen LogP) is 0.142. The molecule has 5 nitrogen and oxygen atoms in total. The van der Waals surface area contributed by atoms with E-state index in [1.165, 1.54) is 6.42 Å². The van der Waals surface area contributed by atoms with E-state index < -0.39 is 0 Å². The van der Waals surface area contributed by atoms with E-state index in [1.54, 1.807) is 6.20 Å². The lowest BCUT2D eigenvalue weighted by atomic mass is 10.1. The van der Waals surface area contributed by atoms with E-state index in [9.17, 15) is 0 Å². The lowest BCUT2D eigenvalue weighted by Crippen LogP contribution is -2.34. The number of aliphatic hydroxyl groups is 1. The second-order valence-electron chi connectivity index (χ2n) is 4.57. The largest absolute Gasteiger partial charge is 0.394 e. The minimum absolute atomic E-state index is 0.0335. The number of likely N-dealkylation sites (N-methyl/N-ethyl adjacent to an activating group) is 1. The van der Waals surface area contributed by atoms with Crippen molar-refractivity contribution in [1.29, 1.82) is 0 Å². The van der Waals surface area contributed by atoms with Gasteiger partial charge in [0.05, 0.1) is 24.7 Å². The lowest BCUT2D eigenvalue weighted by Gasteiger charge is -2.32. The monoisotopic (exact) mass is 224 g/mol. The standard InChI is InChI=1S/C11H20N4O/c1-14-4-2-3-9(6-14)15-8-13-5-11(15)10(12)7-16/h5,8-10,16H,2-4,6-7,12H2,1H3. The van der Waals surface area contributed by atoms with E-state index in [-0.39, 0.29) is 12.6 Å². The van der Waals surface area contributed by atoms with Crippen LogP contribution in [-0.2, 0) is 0 Å². The normalized spacial score (nSPS) is 24.6. The van der Waals surface area contributed by atoms with Crippen LogP contribution in [0.3, 0.4) is 0 Å². The van der Waals surface area contributed by atoms with Crippen LogP contribution in [-0.4, -0.2) is 46.3 Å². The van der Waals surface area contributed by atoms with Gasteiger partial charge in [0.1, 0.15) is 0 Å². The van der Waals surface area contributed by atoms with Gasteiger partial charge >= 0.3 is 0 Å². The molecule has 0 bridgehead atoms. The molecular formula is C11H20N4O. The molecule has 1 aliphatic heterocycles. The summed E-state index contributed by atoms with van der Waals surface area (Å²) < 4.78 is 2.12. The molecular weight excluding hydrogens is 204 g/mol. The van der Waals surface area contributed by atoms with Crippen LogP contribution in [0, 0.1) is 0 Å². The molecule has 1 aromatic rings. The molecule has 0 aliphatic carbocycles. The fourth-order valence-corrected chi connectivity index (χ4v) is 2.37. The zero-order chi connectivity index (χ0) is 11.5. The first-order chi connectivity index (χ1) is 7.72. The molecule has 0 aromatic carbocycles.